The first-order valence-electron chi connectivity index (χ1n) is 5.39. The van der Waals surface area contributed by atoms with Crippen LogP contribution in [0.1, 0.15) is 9.67 Å². The Bertz CT molecular complexity index is 739. The minimum absolute atomic E-state index is 0.0603. The molecule has 0 spiro atoms. The van der Waals surface area contributed by atoms with Gasteiger partial charge in [0.2, 0.25) is 0 Å². The molecule has 1 aromatic heterocycles. The fourth-order valence-corrected chi connectivity index (χ4v) is 3.49. The van der Waals surface area contributed by atoms with Crippen molar-refractivity contribution in [2.75, 3.05) is 11.8 Å². The molecule has 0 aliphatic heterocycles. The molecule has 0 aliphatic carbocycles. The molecule has 0 fully saturated rings. The molecule has 20 heavy (non-hydrogen) atoms. The van der Waals surface area contributed by atoms with E-state index in [2.05, 4.69) is 9.46 Å². The predicted octanol–water partition coefficient (Wildman–Crippen LogP) is 2.47. The molecule has 106 valence electrons. The van der Waals surface area contributed by atoms with Crippen LogP contribution in [0.5, 0.6) is 0 Å². The molecule has 0 amide bonds. The standard InChI is InChI=1S/C12H10FNO4S2/c1-18-12(15)11-9(6-7-19-11)14-20(16,17)10-5-3-2-4-8(10)13/h2-7,14H,1H3. The molecule has 1 N–H and O–H groups in total. The number of methoxy groups -OCH3 is 1. The van der Waals surface area contributed by atoms with Gasteiger partial charge < -0.3 is 4.74 Å². The van der Waals surface area contributed by atoms with Crippen LogP contribution < -0.4 is 4.72 Å². The first-order chi connectivity index (χ1) is 9.45. The number of carbonyl (C=O) groups excluding carboxylic acids is 1. The third-order valence-electron chi connectivity index (χ3n) is 2.41. The van der Waals surface area contributed by atoms with E-state index in [-0.39, 0.29) is 10.6 Å². The van der Waals surface area contributed by atoms with E-state index in [4.69, 9.17) is 0 Å². The second kappa shape index (κ2) is 5.59. The van der Waals surface area contributed by atoms with Crippen molar-refractivity contribution >= 4 is 33.0 Å². The Hall–Kier alpha value is -1.93. The van der Waals surface area contributed by atoms with Gasteiger partial charge in [-0.3, -0.25) is 4.72 Å². The minimum atomic E-state index is -4.10. The number of halogens is 1. The van der Waals surface area contributed by atoms with Crippen LogP contribution in [0.3, 0.4) is 0 Å². The fraction of sp³-hybridized carbons (Fsp3) is 0.0833. The smallest absolute Gasteiger partial charge is 0.350 e. The second-order valence-electron chi connectivity index (χ2n) is 3.69. The molecule has 0 unspecified atom stereocenters. The van der Waals surface area contributed by atoms with E-state index >= 15 is 0 Å². The lowest BCUT2D eigenvalue weighted by atomic mass is 10.3. The summed E-state index contributed by atoms with van der Waals surface area (Å²) in [7, 11) is -2.91. The van der Waals surface area contributed by atoms with Crippen LogP contribution in [0.4, 0.5) is 10.1 Å². The maximum Gasteiger partial charge on any atom is 0.350 e. The number of benzene rings is 1. The SMILES string of the molecule is COC(=O)c1sccc1NS(=O)(=O)c1ccccc1F. The molecule has 0 saturated heterocycles. The Labute approximate surface area is 119 Å². The number of hydrogen-bond acceptors (Lipinski definition) is 5. The van der Waals surface area contributed by atoms with Crippen LogP contribution in [-0.4, -0.2) is 21.5 Å². The Morgan fingerprint density at radius 3 is 2.65 bits per heavy atom. The number of ether oxygens (including phenoxy) is 1. The average Bonchev–Trinajstić information content (AvgIpc) is 2.85. The molecule has 1 heterocycles. The molecule has 8 heteroatoms. The van der Waals surface area contributed by atoms with E-state index in [1.807, 2.05) is 0 Å². The van der Waals surface area contributed by atoms with E-state index in [0.29, 0.717) is 0 Å². The highest BCUT2D eigenvalue weighted by Crippen LogP contribution is 2.26. The Balaban J connectivity index is 2.37. The van der Waals surface area contributed by atoms with E-state index in [1.165, 1.54) is 30.7 Å². The van der Waals surface area contributed by atoms with Crippen molar-refractivity contribution in [3.63, 3.8) is 0 Å². The number of nitrogens with one attached hydrogen (secondary N) is 1. The van der Waals surface area contributed by atoms with Crippen LogP contribution in [0.2, 0.25) is 0 Å². The van der Waals surface area contributed by atoms with E-state index in [9.17, 15) is 17.6 Å². The summed E-state index contributed by atoms with van der Waals surface area (Å²) in [5, 5.41) is 1.53. The third kappa shape index (κ3) is 2.81. The van der Waals surface area contributed by atoms with Gasteiger partial charge in [0, 0.05) is 0 Å². The average molecular weight is 315 g/mol. The molecule has 0 aliphatic rings. The topological polar surface area (TPSA) is 72.5 Å². The highest BCUT2D eigenvalue weighted by atomic mass is 32.2. The second-order valence-corrected chi connectivity index (χ2v) is 6.26. The van der Waals surface area contributed by atoms with Crippen molar-refractivity contribution in [2.45, 2.75) is 4.90 Å². The maximum absolute atomic E-state index is 13.5. The summed E-state index contributed by atoms with van der Waals surface area (Å²) in [6.07, 6.45) is 0. The zero-order valence-corrected chi connectivity index (χ0v) is 11.9. The van der Waals surface area contributed by atoms with Crippen molar-refractivity contribution in [3.8, 4) is 0 Å². The Kier molecular flexibility index (Phi) is 4.05. The minimum Gasteiger partial charge on any atom is -0.465 e. The van der Waals surface area contributed by atoms with Gasteiger partial charge in [-0.15, -0.1) is 11.3 Å². The Morgan fingerprint density at radius 2 is 2.00 bits per heavy atom. The first kappa shape index (κ1) is 14.5. The molecule has 2 rings (SSSR count). The van der Waals surface area contributed by atoms with Gasteiger partial charge in [-0.05, 0) is 23.6 Å². The summed E-state index contributed by atoms with van der Waals surface area (Å²) >= 11 is 1.03. The van der Waals surface area contributed by atoms with Gasteiger partial charge in [-0.2, -0.15) is 0 Å². The van der Waals surface area contributed by atoms with Crippen molar-refractivity contribution in [1.82, 2.24) is 0 Å². The molecule has 2 aromatic rings. The monoisotopic (exact) mass is 315 g/mol. The number of sulfonamides is 1. The number of carbonyl (C=O) groups is 1. The van der Waals surface area contributed by atoms with Crippen LogP contribution in [0.25, 0.3) is 0 Å². The van der Waals surface area contributed by atoms with Gasteiger partial charge in [-0.1, -0.05) is 12.1 Å². The number of thiophene rings is 1. The maximum atomic E-state index is 13.5. The number of hydrogen-bond donors (Lipinski definition) is 1. The number of esters is 1. The van der Waals surface area contributed by atoms with Gasteiger partial charge in [0.1, 0.15) is 15.6 Å². The van der Waals surface area contributed by atoms with Crippen molar-refractivity contribution in [1.29, 1.82) is 0 Å². The first-order valence-corrected chi connectivity index (χ1v) is 7.75. The summed E-state index contributed by atoms with van der Waals surface area (Å²) in [5.41, 5.74) is 0.0603. The van der Waals surface area contributed by atoms with Gasteiger partial charge in [0.15, 0.2) is 0 Å². The molecule has 0 atom stereocenters. The summed E-state index contributed by atoms with van der Waals surface area (Å²) < 4.78 is 44.4. The predicted molar refractivity (Wildman–Crippen MR) is 72.9 cm³/mol. The van der Waals surface area contributed by atoms with Crippen molar-refractivity contribution in [2.24, 2.45) is 0 Å². The zero-order chi connectivity index (χ0) is 14.8. The molecular formula is C12H10FNO4S2. The summed E-state index contributed by atoms with van der Waals surface area (Å²) in [6, 6.07) is 6.39. The lowest BCUT2D eigenvalue weighted by Crippen LogP contribution is -2.16. The van der Waals surface area contributed by atoms with E-state index in [0.717, 1.165) is 23.5 Å². The number of rotatable bonds is 4. The van der Waals surface area contributed by atoms with E-state index < -0.39 is 26.7 Å². The van der Waals surface area contributed by atoms with Crippen LogP contribution in [-0.2, 0) is 14.8 Å². The lowest BCUT2D eigenvalue weighted by molar-refractivity contribution is 0.0607. The van der Waals surface area contributed by atoms with Crippen LogP contribution >= 0.6 is 11.3 Å². The third-order valence-corrected chi connectivity index (χ3v) is 4.70. The highest BCUT2D eigenvalue weighted by Gasteiger charge is 2.22. The lowest BCUT2D eigenvalue weighted by Gasteiger charge is -2.08. The van der Waals surface area contributed by atoms with Crippen LogP contribution in [0, 0.1) is 5.82 Å². The Morgan fingerprint density at radius 1 is 1.30 bits per heavy atom. The zero-order valence-electron chi connectivity index (χ0n) is 10.3. The molecule has 0 saturated carbocycles. The number of anilines is 1. The van der Waals surface area contributed by atoms with Crippen molar-refractivity contribution in [3.05, 3.63) is 46.4 Å². The van der Waals surface area contributed by atoms with Crippen molar-refractivity contribution < 1.29 is 22.3 Å². The summed E-state index contributed by atoms with van der Waals surface area (Å²) in [6.45, 7) is 0. The normalized spacial score (nSPS) is 11.1. The van der Waals surface area contributed by atoms with Gasteiger partial charge in [0.25, 0.3) is 10.0 Å². The van der Waals surface area contributed by atoms with Crippen LogP contribution in [0.15, 0.2) is 40.6 Å². The molecule has 0 bridgehead atoms. The van der Waals surface area contributed by atoms with E-state index in [1.54, 1.807) is 0 Å². The largest absolute Gasteiger partial charge is 0.465 e. The highest BCUT2D eigenvalue weighted by molar-refractivity contribution is 7.92. The quantitative estimate of drug-likeness (QED) is 0.880. The molecular weight excluding hydrogens is 305 g/mol. The molecule has 1 aromatic carbocycles. The van der Waals surface area contributed by atoms with Gasteiger partial charge in [0.05, 0.1) is 12.8 Å². The van der Waals surface area contributed by atoms with Gasteiger partial charge >= 0.3 is 5.97 Å². The fourth-order valence-electron chi connectivity index (χ4n) is 1.50. The molecule has 5 nitrogen and oxygen atoms in total. The summed E-state index contributed by atoms with van der Waals surface area (Å²) in [5.74, 6) is -1.53. The molecule has 0 radical (unpaired) electrons. The summed E-state index contributed by atoms with van der Waals surface area (Å²) in [4.78, 5) is 11.1. The van der Waals surface area contributed by atoms with Gasteiger partial charge in [-0.25, -0.2) is 17.6 Å².